The average Bonchev–Trinajstić information content (AvgIpc) is 2.85. The molecule has 4 rings (SSSR count). The zero-order valence-corrected chi connectivity index (χ0v) is 15.4. The summed E-state index contributed by atoms with van der Waals surface area (Å²) in [5, 5.41) is 14.0. The van der Waals surface area contributed by atoms with Gasteiger partial charge in [-0.05, 0) is 24.1 Å². The number of aromatic nitrogens is 2. The monoisotopic (exact) mass is 361 g/mol. The van der Waals surface area contributed by atoms with Crippen molar-refractivity contribution in [3.05, 3.63) is 77.0 Å². The minimum absolute atomic E-state index is 0.348. The largest absolute Gasteiger partial charge is 0.478 e. The summed E-state index contributed by atoms with van der Waals surface area (Å²) >= 11 is 0. The maximum atomic E-state index is 11.2. The summed E-state index contributed by atoms with van der Waals surface area (Å²) in [5.41, 5.74) is 6.28. The van der Waals surface area contributed by atoms with Gasteiger partial charge >= 0.3 is 5.97 Å². The van der Waals surface area contributed by atoms with E-state index in [0.29, 0.717) is 5.56 Å². The highest BCUT2D eigenvalue weighted by molar-refractivity contribution is 5.87. The van der Waals surface area contributed by atoms with E-state index in [1.165, 1.54) is 11.3 Å². The van der Waals surface area contributed by atoms with Crippen LogP contribution in [-0.4, -0.2) is 38.8 Å². The molecule has 27 heavy (non-hydrogen) atoms. The van der Waals surface area contributed by atoms with E-state index in [4.69, 9.17) is 5.10 Å². The number of carboxylic acids is 1. The number of hydrogen-bond acceptors (Lipinski definition) is 3. The van der Waals surface area contributed by atoms with Gasteiger partial charge in [0.1, 0.15) is 0 Å². The van der Waals surface area contributed by atoms with Crippen molar-refractivity contribution in [1.82, 2.24) is 14.7 Å². The molecule has 0 amide bonds. The minimum atomic E-state index is -0.876. The van der Waals surface area contributed by atoms with E-state index >= 15 is 0 Å². The van der Waals surface area contributed by atoms with Crippen molar-refractivity contribution < 1.29 is 9.90 Å². The summed E-state index contributed by atoms with van der Waals surface area (Å²) in [6.45, 7) is 2.65. The zero-order chi connectivity index (χ0) is 18.8. The molecule has 0 aliphatic carbocycles. The topological polar surface area (TPSA) is 58.4 Å². The van der Waals surface area contributed by atoms with Crippen LogP contribution in [0.2, 0.25) is 0 Å². The molecule has 0 saturated carbocycles. The number of benzene rings is 2. The number of carbonyl (C=O) groups is 1. The van der Waals surface area contributed by atoms with Gasteiger partial charge in [0.2, 0.25) is 0 Å². The molecule has 5 nitrogen and oxygen atoms in total. The molecule has 3 aromatic rings. The molecule has 1 aliphatic rings. The normalized spacial score (nSPS) is 14.6. The molecule has 138 valence electrons. The van der Waals surface area contributed by atoms with Crippen LogP contribution in [0.5, 0.6) is 0 Å². The van der Waals surface area contributed by atoms with Gasteiger partial charge in [-0.2, -0.15) is 5.10 Å². The molecule has 5 heteroatoms. The third kappa shape index (κ3) is 3.64. The Balaban J connectivity index is 1.54. The summed E-state index contributed by atoms with van der Waals surface area (Å²) in [5.74, 6) is -0.876. The summed E-state index contributed by atoms with van der Waals surface area (Å²) in [6, 6.07) is 17.6. The first-order valence-electron chi connectivity index (χ1n) is 9.26. The fraction of sp³-hybridized carbons (Fsp3) is 0.273. The van der Waals surface area contributed by atoms with Crippen LogP contribution >= 0.6 is 0 Å². The predicted octanol–water partition coefficient (Wildman–Crippen LogP) is 3.39. The van der Waals surface area contributed by atoms with E-state index in [9.17, 15) is 9.90 Å². The first-order valence-corrected chi connectivity index (χ1v) is 9.26. The van der Waals surface area contributed by atoms with Gasteiger partial charge in [0.15, 0.2) is 0 Å². The van der Waals surface area contributed by atoms with E-state index in [0.717, 1.165) is 49.3 Å². The maximum absolute atomic E-state index is 11.2. The number of fused-ring (bicyclic) bond motifs is 1. The van der Waals surface area contributed by atoms with Crippen LogP contribution in [0.1, 0.15) is 27.2 Å². The Kier molecular flexibility index (Phi) is 4.77. The first-order chi connectivity index (χ1) is 13.1. The van der Waals surface area contributed by atoms with Crippen molar-refractivity contribution >= 4 is 5.97 Å². The van der Waals surface area contributed by atoms with Gasteiger partial charge in [0.25, 0.3) is 0 Å². The highest BCUT2D eigenvalue weighted by Gasteiger charge is 2.22. The second kappa shape index (κ2) is 7.37. The number of hydrogen-bond donors (Lipinski definition) is 1. The minimum Gasteiger partial charge on any atom is -0.478 e. The highest BCUT2D eigenvalue weighted by Crippen LogP contribution is 2.28. The quantitative estimate of drug-likeness (QED) is 0.774. The summed E-state index contributed by atoms with van der Waals surface area (Å²) in [6.07, 6.45) is 1.90. The van der Waals surface area contributed by atoms with Crippen LogP contribution in [0, 0.1) is 0 Å². The standard InChI is InChI=1S/C22H23N3O2/c1-24-20-11-13-25(15-16-6-5-9-18(14-16)22(26)27)12-10-19(20)21(23-24)17-7-3-2-4-8-17/h2-9,14H,10-13,15H2,1H3,(H,26,27). The lowest BCUT2D eigenvalue weighted by Gasteiger charge is -2.20. The Labute approximate surface area is 158 Å². The average molecular weight is 361 g/mol. The predicted molar refractivity (Wildman–Crippen MR) is 105 cm³/mol. The van der Waals surface area contributed by atoms with E-state index < -0.39 is 5.97 Å². The van der Waals surface area contributed by atoms with Crippen LogP contribution in [-0.2, 0) is 26.4 Å². The summed E-state index contributed by atoms with van der Waals surface area (Å²) < 4.78 is 2.02. The molecular weight excluding hydrogens is 338 g/mol. The summed E-state index contributed by atoms with van der Waals surface area (Å²) in [4.78, 5) is 13.6. The third-order valence-corrected chi connectivity index (χ3v) is 5.25. The summed E-state index contributed by atoms with van der Waals surface area (Å²) in [7, 11) is 2.03. The fourth-order valence-corrected chi connectivity index (χ4v) is 3.87. The van der Waals surface area contributed by atoms with Gasteiger partial charge in [0.05, 0.1) is 11.3 Å². The SMILES string of the molecule is Cn1nc(-c2ccccc2)c2c1CCN(Cc1cccc(C(=O)O)c1)CC2. The second-order valence-corrected chi connectivity index (χ2v) is 7.05. The number of aromatic carboxylic acids is 1. The molecule has 1 aromatic heterocycles. The Hall–Kier alpha value is -2.92. The molecule has 0 spiro atoms. The number of carboxylic acid groups (broad SMARTS) is 1. The van der Waals surface area contributed by atoms with Crippen molar-refractivity contribution in [2.45, 2.75) is 19.4 Å². The molecular formula is C22H23N3O2. The highest BCUT2D eigenvalue weighted by atomic mass is 16.4. The van der Waals surface area contributed by atoms with Crippen molar-refractivity contribution in [3.63, 3.8) is 0 Å². The molecule has 2 heterocycles. The van der Waals surface area contributed by atoms with E-state index in [-0.39, 0.29) is 0 Å². The van der Waals surface area contributed by atoms with Gasteiger partial charge in [-0.3, -0.25) is 9.58 Å². The third-order valence-electron chi connectivity index (χ3n) is 5.25. The van der Waals surface area contributed by atoms with Crippen LogP contribution in [0.3, 0.4) is 0 Å². The lowest BCUT2D eigenvalue weighted by atomic mass is 10.0. The number of aryl methyl sites for hydroxylation is 1. The van der Waals surface area contributed by atoms with Crippen LogP contribution in [0.15, 0.2) is 54.6 Å². The van der Waals surface area contributed by atoms with Crippen LogP contribution in [0.25, 0.3) is 11.3 Å². The van der Waals surface area contributed by atoms with Crippen molar-refractivity contribution in [2.24, 2.45) is 7.05 Å². The van der Waals surface area contributed by atoms with E-state index in [2.05, 4.69) is 29.2 Å². The zero-order valence-electron chi connectivity index (χ0n) is 15.4. The van der Waals surface area contributed by atoms with Crippen LogP contribution < -0.4 is 0 Å². The lowest BCUT2D eigenvalue weighted by Crippen LogP contribution is -2.26. The first kappa shape index (κ1) is 17.5. The van der Waals surface area contributed by atoms with Gasteiger partial charge in [-0.1, -0.05) is 42.5 Å². The molecule has 1 aliphatic heterocycles. The van der Waals surface area contributed by atoms with Crippen LogP contribution in [0.4, 0.5) is 0 Å². The molecule has 0 atom stereocenters. The number of rotatable bonds is 4. The van der Waals surface area contributed by atoms with E-state index in [1.807, 2.05) is 29.9 Å². The molecule has 0 saturated heterocycles. The Morgan fingerprint density at radius 2 is 1.85 bits per heavy atom. The molecule has 1 N–H and O–H groups in total. The molecule has 0 radical (unpaired) electrons. The molecule has 0 unspecified atom stereocenters. The van der Waals surface area contributed by atoms with Gasteiger partial charge in [0, 0.05) is 49.9 Å². The van der Waals surface area contributed by atoms with Crippen molar-refractivity contribution in [2.75, 3.05) is 13.1 Å². The Morgan fingerprint density at radius 3 is 2.63 bits per heavy atom. The van der Waals surface area contributed by atoms with Gasteiger partial charge < -0.3 is 5.11 Å². The maximum Gasteiger partial charge on any atom is 0.335 e. The van der Waals surface area contributed by atoms with Crippen molar-refractivity contribution in [3.8, 4) is 11.3 Å². The van der Waals surface area contributed by atoms with Crippen molar-refractivity contribution in [1.29, 1.82) is 0 Å². The Morgan fingerprint density at radius 1 is 1.07 bits per heavy atom. The Bertz CT molecular complexity index is 963. The van der Waals surface area contributed by atoms with E-state index in [1.54, 1.807) is 12.1 Å². The number of nitrogens with zero attached hydrogens (tertiary/aromatic N) is 3. The lowest BCUT2D eigenvalue weighted by molar-refractivity contribution is 0.0696. The molecule has 0 bridgehead atoms. The second-order valence-electron chi connectivity index (χ2n) is 7.05. The molecule has 2 aromatic carbocycles. The molecule has 0 fully saturated rings. The fourth-order valence-electron chi connectivity index (χ4n) is 3.87. The smallest absolute Gasteiger partial charge is 0.335 e. The van der Waals surface area contributed by atoms with Gasteiger partial charge in [-0.25, -0.2) is 4.79 Å². The van der Waals surface area contributed by atoms with Gasteiger partial charge in [-0.15, -0.1) is 0 Å².